The van der Waals surface area contributed by atoms with Gasteiger partial charge in [-0.1, -0.05) is 30.1 Å². The van der Waals surface area contributed by atoms with Crippen molar-refractivity contribution in [3.05, 3.63) is 58.1 Å². The van der Waals surface area contributed by atoms with Crippen LogP contribution in [0.15, 0.2) is 47.4 Å². The Balaban J connectivity index is 1.70. The zero-order chi connectivity index (χ0) is 20.3. The summed E-state index contributed by atoms with van der Waals surface area (Å²) in [5, 5.41) is 3.44. The van der Waals surface area contributed by atoms with Crippen LogP contribution in [0.1, 0.15) is 17.3 Å². The van der Waals surface area contributed by atoms with Crippen LogP contribution in [0.3, 0.4) is 0 Å². The highest BCUT2D eigenvalue weighted by Crippen LogP contribution is 2.22. The molecule has 28 heavy (non-hydrogen) atoms. The van der Waals surface area contributed by atoms with Crippen LogP contribution in [0.2, 0.25) is 10.0 Å². The third-order valence-electron chi connectivity index (χ3n) is 4.65. The van der Waals surface area contributed by atoms with Crippen molar-refractivity contribution in [1.82, 2.24) is 9.21 Å². The van der Waals surface area contributed by atoms with Crippen LogP contribution in [-0.2, 0) is 10.0 Å². The second kappa shape index (κ2) is 8.80. The van der Waals surface area contributed by atoms with Crippen molar-refractivity contribution < 1.29 is 13.2 Å². The van der Waals surface area contributed by atoms with E-state index >= 15 is 0 Å². The molecule has 1 heterocycles. The lowest BCUT2D eigenvalue weighted by atomic mass is 10.2. The topological polar surface area (TPSA) is 69.7 Å². The summed E-state index contributed by atoms with van der Waals surface area (Å²) in [5.41, 5.74) is 0.804. The number of hydrogen-bond donors (Lipinski definition) is 1. The minimum absolute atomic E-state index is 0.209. The Labute approximate surface area is 175 Å². The molecule has 2 aromatic rings. The number of anilines is 1. The third-order valence-corrected chi connectivity index (χ3v) is 7.00. The molecule has 1 amide bonds. The number of piperazine rings is 1. The molecule has 0 atom stereocenters. The van der Waals surface area contributed by atoms with Gasteiger partial charge in [-0.05, 0) is 49.0 Å². The van der Waals surface area contributed by atoms with E-state index in [-0.39, 0.29) is 10.8 Å². The average Bonchev–Trinajstić information content (AvgIpc) is 2.67. The predicted octanol–water partition coefficient (Wildman–Crippen LogP) is 3.57. The number of sulfonamides is 1. The largest absolute Gasteiger partial charge is 0.322 e. The van der Waals surface area contributed by atoms with Crippen molar-refractivity contribution in [2.45, 2.75) is 11.8 Å². The van der Waals surface area contributed by atoms with Crippen LogP contribution >= 0.6 is 23.2 Å². The minimum Gasteiger partial charge on any atom is -0.322 e. The molecule has 0 bridgehead atoms. The van der Waals surface area contributed by atoms with Gasteiger partial charge in [0.25, 0.3) is 5.91 Å². The molecule has 2 aromatic carbocycles. The maximum absolute atomic E-state index is 12.8. The number of likely N-dealkylation sites (N-methyl/N-ethyl adjacent to an activating group) is 1. The minimum atomic E-state index is -3.54. The number of nitrogens with zero attached hydrogens (tertiary/aromatic N) is 2. The van der Waals surface area contributed by atoms with Gasteiger partial charge in [0, 0.05) is 47.5 Å². The number of hydrogen-bond acceptors (Lipinski definition) is 4. The highest BCUT2D eigenvalue weighted by atomic mass is 35.5. The van der Waals surface area contributed by atoms with Gasteiger partial charge in [0.05, 0.1) is 4.90 Å². The monoisotopic (exact) mass is 441 g/mol. The van der Waals surface area contributed by atoms with E-state index in [1.54, 1.807) is 18.2 Å². The van der Waals surface area contributed by atoms with Crippen molar-refractivity contribution in [2.75, 3.05) is 38.0 Å². The van der Waals surface area contributed by atoms with Gasteiger partial charge in [-0.3, -0.25) is 4.79 Å². The fourth-order valence-electron chi connectivity index (χ4n) is 3.03. The maximum atomic E-state index is 12.8. The van der Waals surface area contributed by atoms with E-state index in [2.05, 4.69) is 17.1 Å². The van der Waals surface area contributed by atoms with E-state index in [0.29, 0.717) is 34.4 Å². The molecule has 1 aliphatic rings. The fraction of sp³-hybridized carbons (Fsp3) is 0.316. The summed E-state index contributed by atoms with van der Waals surface area (Å²) >= 11 is 11.8. The van der Waals surface area contributed by atoms with Gasteiger partial charge in [-0.2, -0.15) is 4.31 Å². The standard InChI is InChI=1S/C19H21Cl2N3O3S/c1-2-23-7-9-24(10-8-23)28(26,27)18-5-3-17(4-6-18)22-19(25)14-11-15(20)13-16(21)12-14/h3-6,11-13H,2,7-10H2,1H3,(H,22,25). The van der Waals surface area contributed by atoms with Crippen LogP contribution in [0, 0.1) is 0 Å². The van der Waals surface area contributed by atoms with Crippen LogP contribution in [0.5, 0.6) is 0 Å². The summed E-state index contributed by atoms with van der Waals surface area (Å²) in [4.78, 5) is 14.8. The molecule has 0 unspecified atom stereocenters. The van der Waals surface area contributed by atoms with Gasteiger partial charge >= 0.3 is 0 Å². The molecule has 150 valence electrons. The molecule has 3 rings (SSSR count). The number of rotatable bonds is 5. The first-order chi connectivity index (χ1) is 13.3. The lowest BCUT2D eigenvalue weighted by Gasteiger charge is -2.33. The SMILES string of the molecule is CCN1CCN(S(=O)(=O)c2ccc(NC(=O)c3cc(Cl)cc(Cl)c3)cc2)CC1. The number of carbonyl (C=O) groups excluding carboxylic acids is 1. The molecular weight excluding hydrogens is 421 g/mol. The fourth-order valence-corrected chi connectivity index (χ4v) is 4.98. The first-order valence-corrected chi connectivity index (χ1v) is 11.1. The molecule has 0 aliphatic carbocycles. The summed E-state index contributed by atoms with van der Waals surface area (Å²) in [6.45, 7) is 5.39. The van der Waals surface area contributed by atoms with Gasteiger partial charge in [-0.25, -0.2) is 8.42 Å². The number of nitrogens with one attached hydrogen (secondary N) is 1. The Kier molecular flexibility index (Phi) is 6.62. The first kappa shape index (κ1) is 21.1. The Bertz CT molecular complexity index is 937. The Hall–Kier alpha value is -1.64. The molecular formula is C19H21Cl2N3O3S. The Morgan fingerprint density at radius 2 is 1.57 bits per heavy atom. The summed E-state index contributed by atoms with van der Waals surface area (Å²) in [7, 11) is -3.54. The van der Waals surface area contributed by atoms with Crippen LogP contribution in [-0.4, -0.2) is 56.3 Å². The molecule has 0 radical (unpaired) electrons. The lowest BCUT2D eigenvalue weighted by molar-refractivity contribution is 0.102. The number of carbonyl (C=O) groups is 1. The van der Waals surface area contributed by atoms with E-state index < -0.39 is 10.0 Å². The van der Waals surface area contributed by atoms with Gasteiger partial charge in [-0.15, -0.1) is 0 Å². The van der Waals surface area contributed by atoms with E-state index in [9.17, 15) is 13.2 Å². The number of benzene rings is 2. The van der Waals surface area contributed by atoms with E-state index in [1.807, 2.05) is 0 Å². The van der Waals surface area contributed by atoms with E-state index in [1.165, 1.54) is 28.6 Å². The van der Waals surface area contributed by atoms with Gasteiger partial charge in [0.1, 0.15) is 0 Å². The molecule has 6 nitrogen and oxygen atoms in total. The molecule has 9 heteroatoms. The van der Waals surface area contributed by atoms with Gasteiger partial charge in [0.15, 0.2) is 0 Å². The molecule has 1 fully saturated rings. The van der Waals surface area contributed by atoms with Crippen molar-refractivity contribution >= 4 is 44.8 Å². The number of halogens is 2. The van der Waals surface area contributed by atoms with Crippen LogP contribution in [0.4, 0.5) is 5.69 Å². The van der Waals surface area contributed by atoms with Crippen molar-refractivity contribution in [1.29, 1.82) is 0 Å². The maximum Gasteiger partial charge on any atom is 0.255 e. The predicted molar refractivity (Wildman–Crippen MR) is 112 cm³/mol. The van der Waals surface area contributed by atoms with Gasteiger partial charge < -0.3 is 10.2 Å². The molecule has 0 aromatic heterocycles. The molecule has 1 saturated heterocycles. The van der Waals surface area contributed by atoms with Crippen molar-refractivity contribution in [3.8, 4) is 0 Å². The average molecular weight is 442 g/mol. The normalized spacial score (nSPS) is 16.1. The van der Waals surface area contributed by atoms with Crippen molar-refractivity contribution in [3.63, 3.8) is 0 Å². The summed E-state index contributed by atoms with van der Waals surface area (Å²) in [5.74, 6) is -0.379. The Morgan fingerprint density at radius 3 is 2.11 bits per heavy atom. The second-order valence-electron chi connectivity index (χ2n) is 6.47. The zero-order valence-electron chi connectivity index (χ0n) is 15.4. The lowest BCUT2D eigenvalue weighted by Crippen LogP contribution is -2.48. The highest BCUT2D eigenvalue weighted by molar-refractivity contribution is 7.89. The summed E-state index contributed by atoms with van der Waals surface area (Å²) in [6.07, 6.45) is 0. The molecule has 0 spiro atoms. The van der Waals surface area contributed by atoms with Crippen molar-refractivity contribution in [2.24, 2.45) is 0 Å². The van der Waals surface area contributed by atoms with Crippen LogP contribution < -0.4 is 5.32 Å². The molecule has 0 saturated carbocycles. The smallest absolute Gasteiger partial charge is 0.255 e. The third kappa shape index (κ3) is 4.85. The first-order valence-electron chi connectivity index (χ1n) is 8.89. The second-order valence-corrected chi connectivity index (χ2v) is 9.29. The summed E-state index contributed by atoms with van der Waals surface area (Å²) in [6, 6.07) is 10.7. The molecule has 1 N–H and O–H groups in total. The zero-order valence-corrected chi connectivity index (χ0v) is 17.7. The highest BCUT2D eigenvalue weighted by Gasteiger charge is 2.27. The van der Waals surface area contributed by atoms with Crippen LogP contribution in [0.25, 0.3) is 0 Å². The Morgan fingerprint density at radius 1 is 1.00 bits per heavy atom. The van der Waals surface area contributed by atoms with E-state index in [0.717, 1.165) is 19.6 Å². The summed E-state index contributed by atoms with van der Waals surface area (Å²) < 4.78 is 27.1. The van der Waals surface area contributed by atoms with Gasteiger partial charge in [0.2, 0.25) is 10.0 Å². The quantitative estimate of drug-likeness (QED) is 0.769. The number of amides is 1. The van der Waals surface area contributed by atoms with E-state index in [4.69, 9.17) is 23.2 Å². The molecule has 1 aliphatic heterocycles.